The van der Waals surface area contributed by atoms with Crippen LogP contribution in [-0.4, -0.2) is 23.5 Å². The number of hydrogen-bond acceptors (Lipinski definition) is 2. The zero-order valence-corrected chi connectivity index (χ0v) is 8.99. The van der Waals surface area contributed by atoms with E-state index in [1.807, 2.05) is 0 Å². The van der Waals surface area contributed by atoms with Gasteiger partial charge in [0.15, 0.2) is 0 Å². The fraction of sp³-hybridized carbons (Fsp3) is 0.750. The third-order valence-corrected chi connectivity index (χ3v) is 2.88. The number of allylic oxidation sites excluding steroid dienone is 1. The second kappa shape index (κ2) is 6.58. The van der Waals surface area contributed by atoms with Crippen LogP contribution in [0.1, 0.15) is 20.3 Å². The van der Waals surface area contributed by atoms with Gasteiger partial charge in [-0.1, -0.05) is 19.9 Å². The molecule has 0 atom stereocenters. The van der Waals surface area contributed by atoms with Gasteiger partial charge in [-0.3, -0.25) is 0 Å². The first kappa shape index (κ1) is 10.9. The molecule has 0 spiro atoms. The highest BCUT2D eigenvalue weighted by molar-refractivity contribution is 6.50. The lowest BCUT2D eigenvalue weighted by molar-refractivity contribution is 0.290. The Bertz CT molecular complexity index is 109. The molecule has 3 heteroatoms. The molecule has 0 aliphatic rings. The highest BCUT2D eigenvalue weighted by atomic mass is 28.3. The van der Waals surface area contributed by atoms with Crippen molar-refractivity contribution in [3.63, 3.8) is 0 Å². The zero-order chi connectivity index (χ0) is 8.69. The van der Waals surface area contributed by atoms with Crippen LogP contribution in [0.5, 0.6) is 0 Å². The quantitative estimate of drug-likeness (QED) is 0.590. The molecular formula is C8H18O2Si. The van der Waals surface area contributed by atoms with E-state index in [-0.39, 0.29) is 0 Å². The van der Waals surface area contributed by atoms with Gasteiger partial charge in [-0.2, -0.15) is 0 Å². The summed E-state index contributed by atoms with van der Waals surface area (Å²) in [5.74, 6) is 0.717. The molecule has 11 heavy (non-hydrogen) atoms. The molecule has 0 heterocycles. The Morgan fingerprint density at radius 1 is 1.27 bits per heavy atom. The number of rotatable bonds is 5. The second-order valence-electron chi connectivity index (χ2n) is 2.90. The van der Waals surface area contributed by atoms with Gasteiger partial charge in [0, 0.05) is 14.2 Å². The van der Waals surface area contributed by atoms with E-state index >= 15 is 0 Å². The molecule has 66 valence electrons. The molecule has 0 radical (unpaired) electrons. The lowest BCUT2D eigenvalue weighted by Gasteiger charge is -2.04. The van der Waals surface area contributed by atoms with Crippen LogP contribution >= 0.6 is 0 Å². The maximum Gasteiger partial charge on any atom is 0.347 e. The lowest BCUT2D eigenvalue weighted by Crippen LogP contribution is -2.15. The predicted molar refractivity (Wildman–Crippen MR) is 49.8 cm³/mol. The van der Waals surface area contributed by atoms with Crippen LogP contribution in [0.15, 0.2) is 11.8 Å². The third kappa shape index (κ3) is 6.28. The zero-order valence-electron chi connectivity index (χ0n) is 7.83. The monoisotopic (exact) mass is 174 g/mol. The molecule has 0 aliphatic carbocycles. The Morgan fingerprint density at radius 2 is 1.82 bits per heavy atom. The summed E-state index contributed by atoms with van der Waals surface area (Å²) >= 11 is 0. The van der Waals surface area contributed by atoms with Gasteiger partial charge in [-0.15, -0.1) is 0 Å². The van der Waals surface area contributed by atoms with Gasteiger partial charge in [0.1, 0.15) is 0 Å². The topological polar surface area (TPSA) is 18.5 Å². The standard InChI is InChI=1S/C8H18O2Si/c1-8(2)6-5-7-11(9-3)10-4/h5,7-8,11H,6H2,1-4H3. The van der Waals surface area contributed by atoms with E-state index in [2.05, 4.69) is 25.6 Å². The second-order valence-corrected chi connectivity index (χ2v) is 4.96. The first-order valence-corrected chi connectivity index (χ1v) is 5.54. The van der Waals surface area contributed by atoms with Crippen LogP contribution in [0.4, 0.5) is 0 Å². The summed E-state index contributed by atoms with van der Waals surface area (Å²) < 4.78 is 10.2. The van der Waals surface area contributed by atoms with Crippen LogP contribution in [0.25, 0.3) is 0 Å². The molecule has 0 unspecified atom stereocenters. The summed E-state index contributed by atoms with van der Waals surface area (Å²) in [6.45, 7) is 4.39. The van der Waals surface area contributed by atoms with E-state index in [4.69, 9.17) is 8.85 Å². The van der Waals surface area contributed by atoms with Crippen LogP contribution in [-0.2, 0) is 8.85 Å². The highest BCUT2D eigenvalue weighted by Crippen LogP contribution is 2.00. The van der Waals surface area contributed by atoms with E-state index in [0.29, 0.717) is 0 Å². The minimum Gasteiger partial charge on any atom is -0.397 e. The van der Waals surface area contributed by atoms with Gasteiger partial charge in [-0.05, 0) is 18.0 Å². The fourth-order valence-electron chi connectivity index (χ4n) is 0.715. The Hall–Kier alpha value is -0.123. The summed E-state index contributed by atoms with van der Waals surface area (Å²) in [6.07, 6.45) is 3.25. The molecule has 0 rings (SSSR count). The average Bonchev–Trinajstić information content (AvgIpc) is 1.98. The highest BCUT2D eigenvalue weighted by Gasteiger charge is 2.01. The van der Waals surface area contributed by atoms with Gasteiger partial charge in [-0.25, -0.2) is 0 Å². The fourth-order valence-corrected chi connectivity index (χ4v) is 1.60. The van der Waals surface area contributed by atoms with Crippen LogP contribution in [0.3, 0.4) is 0 Å². The van der Waals surface area contributed by atoms with E-state index < -0.39 is 9.28 Å². The van der Waals surface area contributed by atoms with E-state index in [1.165, 1.54) is 0 Å². The van der Waals surface area contributed by atoms with Crippen molar-refractivity contribution in [2.75, 3.05) is 14.2 Å². The molecule has 0 aromatic carbocycles. The number of hydrogen-bond donors (Lipinski definition) is 0. The van der Waals surface area contributed by atoms with Crippen molar-refractivity contribution >= 4 is 9.28 Å². The maximum atomic E-state index is 5.11. The maximum absolute atomic E-state index is 5.11. The summed E-state index contributed by atoms with van der Waals surface area (Å²) in [7, 11) is 1.96. The van der Waals surface area contributed by atoms with Gasteiger partial charge >= 0.3 is 9.28 Å². The van der Waals surface area contributed by atoms with Crippen molar-refractivity contribution in [3.05, 3.63) is 11.8 Å². The third-order valence-electron chi connectivity index (χ3n) is 1.37. The first-order valence-electron chi connectivity index (χ1n) is 3.93. The van der Waals surface area contributed by atoms with Crippen molar-refractivity contribution in [1.29, 1.82) is 0 Å². The normalized spacial score (nSPS) is 12.2. The predicted octanol–water partition coefficient (Wildman–Crippen LogP) is 1.64. The summed E-state index contributed by atoms with van der Waals surface area (Å²) in [5.41, 5.74) is 2.07. The molecule has 0 aromatic rings. The average molecular weight is 174 g/mol. The first-order chi connectivity index (χ1) is 5.20. The van der Waals surface area contributed by atoms with Crippen LogP contribution in [0, 0.1) is 5.92 Å². The SMILES string of the molecule is CO[SiH](C=CCC(C)C)OC. The summed E-state index contributed by atoms with van der Waals surface area (Å²) in [4.78, 5) is 0. The molecule has 0 saturated carbocycles. The van der Waals surface area contributed by atoms with Gasteiger partial charge < -0.3 is 8.85 Å². The largest absolute Gasteiger partial charge is 0.397 e. The molecular weight excluding hydrogens is 156 g/mol. The molecule has 0 saturated heterocycles. The molecule has 0 amide bonds. The van der Waals surface area contributed by atoms with Crippen molar-refractivity contribution in [3.8, 4) is 0 Å². The van der Waals surface area contributed by atoms with Crippen molar-refractivity contribution in [2.24, 2.45) is 5.92 Å². The summed E-state index contributed by atoms with van der Waals surface area (Å²) in [5, 5.41) is 0. The van der Waals surface area contributed by atoms with E-state index in [1.54, 1.807) is 14.2 Å². The Labute approximate surface area is 71.1 Å². The van der Waals surface area contributed by atoms with E-state index in [9.17, 15) is 0 Å². The Kier molecular flexibility index (Phi) is 6.50. The van der Waals surface area contributed by atoms with Crippen LogP contribution in [0.2, 0.25) is 0 Å². The minimum atomic E-state index is -1.43. The van der Waals surface area contributed by atoms with Gasteiger partial charge in [0.05, 0.1) is 0 Å². The Balaban J connectivity index is 3.53. The lowest BCUT2D eigenvalue weighted by atomic mass is 10.1. The van der Waals surface area contributed by atoms with Crippen molar-refractivity contribution < 1.29 is 8.85 Å². The molecule has 0 aromatic heterocycles. The van der Waals surface area contributed by atoms with E-state index in [0.717, 1.165) is 12.3 Å². The molecule has 2 nitrogen and oxygen atoms in total. The van der Waals surface area contributed by atoms with Gasteiger partial charge in [0.25, 0.3) is 0 Å². The molecule has 0 aliphatic heterocycles. The van der Waals surface area contributed by atoms with Crippen molar-refractivity contribution in [2.45, 2.75) is 20.3 Å². The van der Waals surface area contributed by atoms with Crippen molar-refractivity contribution in [1.82, 2.24) is 0 Å². The minimum absolute atomic E-state index is 0.717. The molecule has 0 bridgehead atoms. The smallest absolute Gasteiger partial charge is 0.347 e. The molecule has 0 N–H and O–H groups in total. The van der Waals surface area contributed by atoms with Gasteiger partial charge in [0.2, 0.25) is 0 Å². The Morgan fingerprint density at radius 3 is 2.18 bits per heavy atom. The summed E-state index contributed by atoms with van der Waals surface area (Å²) in [6, 6.07) is 0. The molecule has 0 fully saturated rings. The van der Waals surface area contributed by atoms with Crippen LogP contribution < -0.4 is 0 Å².